The van der Waals surface area contributed by atoms with Crippen molar-refractivity contribution < 1.29 is 34.3 Å². The van der Waals surface area contributed by atoms with Crippen molar-refractivity contribution in [2.24, 2.45) is 0 Å². The van der Waals surface area contributed by atoms with Crippen LogP contribution in [0.4, 0.5) is 0 Å². The van der Waals surface area contributed by atoms with Gasteiger partial charge in [0.25, 0.3) is 0 Å². The van der Waals surface area contributed by atoms with E-state index in [2.05, 4.69) is 24.4 Å². The third-order valence-electron chi connectivity index (χ3n) is 4.60. The van der Waals surface area contributed by atoms with Crippen molar-refractivity contribution in [1.29, 1.82) is 0 Å². The lowest BCUT2D eigenvalue weighted by atomic mass is 9.87. The maximum atomic E-state index is 11.4. The van der Waals surface area contributed by atoms with E-state index in [0.717, 1.165) is 0 Å². The molecule has 0 aliphatic carbocycles. The fourth-order valence-electron chi connectivity index (χ4n) is 3.21. The summed E-state index contributed by atoms with van der Waals surface area (Å²) in [6, 6.07) is 0. The average Bonchev–Trinajstić information content (AvgIpc) is 2.55. The van der Waals surface area contributed by atoms with Crippen molar-refractivity contribution in [3.8, 4) is 0 Å². The maximum Gasteiger partial charge on any atom is 0.308 e. The van der Waals surface area contributed by atoms with E-state index in [9.17, 15) is 20.1 Å². The lowest BCUT2D eigenvalue weighted by Crippen LogP contribution is -2.63. The smallest absolute Gasteiger partial charge is 0.308 e. The van der Waals surface area contributed by atoms with Gasteiger partial charge in [0.05, 0.1) is 33.8 Å². The summed E-state index contributed by atoms with van der Waals surface area (Å²) >= 11 is 0. The SMILES string of the molecule is COC(=O)CC1CCC2O[C@@H](C(O)/C=C/[Si](C)(C)C)[C@@H](O)C(O)[C@H]2O1. The molecule has 7 atom stereocenters. The molecule has 0 amide bonds. The van der Waals surface area contributed by atoms with Crippen LogP contribution in [-0.4, -0.2) is 79.2 Å². The molecule has 0 radical (unpaired) electrons. The number of carbonyl (C=O) groups excluding carboxylic acids is 1. The summed E-state index contributed by atoms with van der Waals surface area (Å²) in [5.41, 5.74) is 1.98. The Morgan fingerprint density at radius 2 is 1.92 bits per heavy atom. The second-order valence-electron chi connectivity index (χ2n) is 7.92. The highest BCUT2D eigenvalue weighted by Gasteiger charge is 2.49. The molecule has 0 aromatic carbocycles. The predicted molar refractivity (Wildman–Crippen MR) is 93.7 cm³/mol. The minimum atomic E-state index is -1.49. The Morgan fingerprint density at radius 3 is 2.52 bits per heavy atom. The van der Waals surface area contributed by atoms with Gasteiger partial charge in [-0.05, 0) is 12.8 Å². The van der Waals surface area contributed by atoms with Crippen LogP contribution in [0.1, 0.15) is 19.3 Å². The van der Waals surface area contributed by atoms with Crippen LogP contribution in [0.15, 0.2) is 11.8 Å². The molecule has 0 saturated carbocycles. The highest BCUT2D eigenvalue weighted by atomic mass is 28.3. The van der Waals surface area contributed by atoms with Crippen LogP contribution in [0, 0.1) is 0 Å². The first-order valence-corrected chi connectivity index (χ1v) is 12.3. The molecule has 25 heavy (non-hydrogen) atoms. The van der Waals surface area contributed by atoms with Gasteiger partial charge in [-0.2, -0.15) is 0 Å². The molecule has 0 aromatic rings. The molecule has 2 saturated heterocycles. The number of aliphatic hydroxyl groups is 3. The lowest BCUT2D eigenvalue weighted by molar-refractivity contribution is -0.274. The van der Waals surface area contributed by atoms with Gasteiger partial charge in [0.1, 0.15) is 30.5 Å². The number of hydrogen-bond acceptors (Lipinski definition) is 7. The number of methoxy groups -OCH3 is 1. The van der Waals surface area contributed by atoms with Gasteiger partial charge >= 0.3 is 5.97 Å². The Bertz CT molecular complexity index is 488. The molecule has 2 rings (SSSR count). The summed E-state index contributed by atoms with van der Waals surface area (Å²) in [4.78, 5) is 11.4. The fraction of sp³-hybridized carbons (Fsp3) is 0.824. The van der Waals surface area contributed by atoms with Gasteiger partial charge in [0.2, 0.25) is 0 Å². The summed E-state index contributed by atoms with van der Waals surface area (Å²) in [7, 11) is -0.179. The molecular weight excluding hydrogens is 344 g/mol. The van der Waals surface area contributed by atoms with Crippen molar-refractivity contribution in [3.05, 3.63) is 11.8 Å². The second kappa shape index (κ2) is 8.28. The third kappa shape index (κ3) is 5.35. The minimum absolute atomic E-state index is 0.105. The number of aliphatic hydroxyl groups excluding tert-OH is 3. The summed E-state index contributed by atoms with van der Waals surface area (Å²) in [6.45, 7) is 6.40. The molecule has 8 heteroatoms. The molecule has 4 unspecified atom stereocenters. The van der Waals surface area contributed by atoms with E-state index in [0.29, 0.717) is 12.8 Å². The van der Waals surface area contributed by atoms with E-state index in [1.807, 2.05) is 5.70 Å². The van der Waals surface area contributed by atoms with Crippen molar-refractivity contribution in [2.75, 3.05) is 7.11 Å². The van der Waals surface area contributed by atoms with Crippen LogP contribution < -0.4 is 0 Å². The lowest BCUT2D eigenvalue weighted by Gasteiger charge is -2.47. The summed E-state index contributed by atoms with van der Waals surface area (Å²) in [5.74, 6) is -0.375. The molecule has 144 valence electrons. The first-order valence-electron chi connectivity index (χ1n) is 8.73. The zero-order valence-corrected chi connectivity index (χ0v) is 16.3. The first-order chi connectivity index (χ1) is 11.6. The number of hydrogen-bond donors (Lipinski definition) is 3. The second-order valence-corrected chi connectivity index (χ2v) is 13.0. The summed E-state index contributed by atoms with van der Waals surface area (Å²) in [5, 5.41) is 31.1. The molecule has 2 aliphatic heterocycles. The van der Waals surface area contributed by atoms with Crippen molar-refractivity contribution in [2.45, 2.75) is 81.6 Å². The van der Waals surface area contributed by atoms with Gasteiger partial charge in [0.15, 0.2) is 0 Å². The molecule has 2 aliphatic rings. The van der Waals surface area contributed by atoms with E-state index in [-0.39, 0.29) is 18.5 Å². The van der Waals surface area contributed by atoms with E-state index < -0.39 is 44.7 Å². The molecule has 0 aromatic heterocycles. The molecular formula is C17H30O7Si. The number of fused-ring (bicyclic) bond motifs is 1. The highest BCUT2D eigenvalue weighted by Crippen LogP contribution is 2.34. The van der Waals surface area contributed by atoms with Crippen LogP contribution in [0.5, 0.6) is 0 Å². The minimum Gasteiger partial charge on any atom is -0.469 e. The molecule has 0 spiro atoms. The Morgan fingerprint density at radius 1 is 1.24 bits per heavy atom. The van der Waals surface area contributed by atoms with Gasteiger partial charge in [-0.1, -0.05) is 31.4 Å². The van der Waals surface area contributed by atoms with Gasteiger partial charge < -0.3 is 29.5 Å². The van der Waals surface area contributed by atoms with E-state index in [1.54, 1.807) is 6.08 Å². The number of rotatable bonds is 5. The molecule has 2 fully saturated rings. The standard InChI is InChI=1S/C17H30O7Si/c1-22-13(19)9-10-5-6-12-17(23-10)15(21)14(20)16(24-12)11(18)7-8-25(2,3)4/h7-8,10-12,14-18,20-21H,5-6,9H2,1-4H3/b8-7+/t10?,11?,12?,14-,15?,16-,17-/m0/s1. The van der Waals surface area contributed by atoms with Gasteiger partial charge in [0, 0.05) is 0 Å². The number of carbonyl (C=O) groups is 1. The number of ether oxygens (including phenoxy) is 3. The summed E-state index contributed by atoms with van der Waals surface area (Å²) < 4.78 is 16.2. The Hall–Kier alpha value is -0.773. The third-order valence-corrected chi connectivity index (χ3v) is 5.79. The topological polar surface area (TPSA) is 105 Å². The van der Waals surface area contributed by atoms with Crippen LogP contribution in [-0.2, 0) is 19.0 Å². The van der Waals surface area contributed by atoms with Crippen molar-refractivity contribution in [1.82, 2.24) is 0 Å². The van der Waals surface area contributed by atoms with Crippen molar-refractivity contribution >= 4 is 14.0 Å². The quantitative estimate of drug-likeness (QED) is 0.472. The van der Waals surface area contributed by atoms with Crippen LogP contribution in [0.3, 0.4) is 0 Å². The Kier molecular flexibility index (Phi) is 6.80. The zero-order chi connectivity index (χ0) is 18.8. The van der Waals surface area contributed by atoms with E-state index in [1.165, 1.54) is 7.11 Å². The predicted octanol–water partition coefficient (Wildman–Crippen LogP) is 0.381. The summed E-state index contributed by atoms with van der Waals surface area (Å²) in [6.07, 6.45) is -2.93. The Labute approximate surface area is 149 Å². The molecule has 2 heterocycles. The molecule has 0 bridgehead atoms. The van der Waals surface area contributed by atoms with Crippen molar-refractivity contribution in [3.63, 3.8) is 0 Å². The Balaban J connectivity index is 2.02. The highest BCUT2D eigenvalue weighted by molar-refractivity contribution is 6.80. The molecule has 3 N–H and O–H groups in total. The van der Waals surface area contributed by atoms with Gasteiger partial charge in [-0.25, -0.2) is 0 Å². The van der Waals surface area contributed by atoms with Gasteiger partial charge in [-0.3, -0.25) is 4.79 Å². The normalized spacial score (nSPS) is 37.6. The van der Waals surface area contributed by atoms with E-state index in [4.69, 9.17) is 9.47 Å². The van der Waals surface area contributed by atoms with Gasteiger partial charge in [-0.15, -0.1) is 0 Å². The van der Waals surface area contributed by atoms with Crippen LogP contribution in [0.2, 0.25) is 19.6 Å². The van der Waals surface area contributed by atoms with E-state index >= 15 is 0 Å². The first kappa shape index (κ1) is 20.5. The maximum absolute atomic E-state index is 11.4. The van der Waals surface area contributed by atoms with Crippen LogP contribution in [0.25, 0.3) is 0 Å². The zero-order valence-electron chi connectivity index (χ0n) is 15.3. The monoisotopic (exact) mass is 374 g/mol. The van der Waals surface area contributed by atoms with Crippen LogP contribution >= 0.6 is 0 Å². The largest absolute Gasteiger partial charge is 0.469 e. The fourth-order valence-corrected chi connectivity index (χ4v) is 3.98. The average molecular weight is 375 g/mol. The number of esters is 1. The molecule has 7 nitrogen and oxygen atoms in total.